The van der Waals surface area contributed by atoms with Crippen LogP contribution in [0.15, 0.2) is 16.5 Å². The fraction of sp³-hybridized carbons (Fsp3) is 0.643. The Kier molecular flexibility index (Phi) is 4.05. The van der Waals surface area contributed by atoms with Crippen LogP contribution in [0.4, 0.5) is 0 Å². The van der Waals surface area contributed by atoms with Gasteiger partial charge in [0.1, 0.15) is 11.8 Å². The van der Waals surface area contributed by atoms with Gasteiger partial charge in [-0.1, -0.05) is 13.8 Å². The fourth-order valence-electron chi connectivity index (χ4n) is 2.54. The zero-order valence-corrected chi connectivity index (χ0v) is 11.4. The lowest BCUT2D eigenvalue weighted by Crippen LogP contribution is -2.53. The smallest absolute Gasteiger partial charge is 0.203 e. The van der Waals surface area contributed by atoms with Gasteiger partial charge in [0.25, 0.3) is 0 Å². The molecule has 0 aromatic carbocycles. The highest BCUT2D eigenvalue weighted by Crippen LogP contribution is 2.20. The Balaban J connectivity index is 2.04. The molecule has 4 heteroatoms. The summed E-state index contributed by atoms with van der Waals surface area (Å²) in [4.78, 5) is 4.84. The second-order valence-electron chi connectivity index (χ2n) is 5.42. The molecule has 0 N–H and O–H groups in total. The minimum absolute atomic E-state index is 0.403. The third-order valence-corrected chi connectivity index (χ3v) is 3.64. The second kappa shape index (κ2) is 5.55. The van der Waals surface area contributed by atoms with Crippen molar-refractivity contribution in [2.24, 2.45) is 5.92 Å². The molecule has 1 aliphatic rings. The Hall–Kier alpha value is -1.31. The minimum Gasteiger partial charge on any atom is -0.449 e. The molecule has 0 aliphatic carbocycles. The summed E-state index contributed by atoms with van der Waals surface area (Å²) in [5.41, 5.74) is 0. The second-order valence-corrected chi connectivity index (χ2v) is 5.42. The molecule has 0 spiro atoms. The van der Waals surface area contributed by atoms with Crippen LogP contribution in [0.1, 0.15) is 25.4 Å². The number of likely N-dealkylation sites (N-methyl/N-ethyl adjacent to an activating group) is 1. The van der Waals surface area contributed by atoms with Crippen molar-refractivity contribution >= 4 is 0 Å². The van der Waals surface area contributed by atoms with E-state index in [-0.39, 0.29) is 0 Å². The highest BCUT2D eigenvalue weighted by Gasteiger charge is 2.28. The van der Waals surface area contributed by atoms with Crippen LogP contribution in [0.5, 0.6) is 0 Å². The molecule has 0 unspecified atom stereocenters. The first-order valence-corrected chi connectivity index (χ1v) is 6.51. The topological polar surface area (TPSA) is 43.4 Å². The molecule has 1 aromatic rings. The van der Waals surface area contributed by atoms with Gasteiger partial charge in [-0.25, -0.2) is 0 Å². The van der Waals surface area contributed by atoms with Gasteiger partial charge in [0, 0.05) is 25.7 Å². The van der Waals surface area contributed by atoms with Gasteiger partial charge in [0.2, 0.25) is 5.76 Å². The van der Waals surface area contributed by atoms with Crippen molar-refractivity contribution in [3.05, 3.63) is 23.7 Å². The molecule has 0 bridgehead atoms. The molecule has 0 saturated carbocycles. The molecule has 2 heterocycles. The normalized spacial score (nSPS) is 22.3. The maximum absolute atomic E-state index is 8.77. The molecule has 1 fully saturated rings. The van der Waals surface area contributed by atoms with Crippen LogP contribution in [-0.2, 0) is 6.54 Å². The molecule has 2 rings (SSSR count). The van der Waals surface area contributed by atoms with Crippen molar-refractivity contribution in [1.29, 1.82) is 5.26 Å². The maximum atomic E-state index is 8.77. The molecule has 18 heavy (non-hydrogen) atoms. The molecule has 0 amide bonds. The first-order chi connectivity index (χ1) is 8.60. The number of furan rings is 1. The Bertz CT molecular complexity index is 432. The van der Waals surface area contributed by atoms with Crippen LogP contribution in [0, 0.1) is 17.2 Å². The van der Waals surface area contributed by atoms with Crippen LogP contribution < -0.4 is 0 Å². The highest BCUT2D eigenvalue weighted by molar-refractivity contribution is 5.19. The van der Waals surface area contributed by atoms with Crippen molar-refractivity contribution in [2.45, 2.75) is 26.4 Å². The third kappa shape index (κ3) is 2.92. The zero-order valence-electron chi connectivity index (χ0n) is 11.4. The van der Waals surface area contributed by atoms with E-state index in [0.29, 0.717) is 17.7 Å². The lowest BCUT2D eigenvalue weighted by molar-refractivity contribution is 0.0519. The largest absolute Gasteiger partial charge is 0.449 e. The van der Waals surface area contributed by atoms with Crippen molar-refractivity contribution in [3.63, 3.8) is 0 Å². The number of rotatable bonds is 3. The molecule has 1 aliphatic heterocycles. The fourth-order valence-corrected chi connectivity index (χ4v) is 2.54. The summed E-state index contributed by atoms with van der Waals surface area (Å²) < 4.78 is 5.47. The van der Waals surface area contributed by atoms with Crippen LogP contribution in [0.25, 0.3) is 0 Å². The molecule has 1 saturated heterocycles. The van der Waals surface area contributed by atoms with Gasteiger partial charge in [-0.2, -0.15) is 5.26 Å². The lowest BCUT2D eigenvalue weighted by Gasteiger charge is -2.41. The summed E-state index contributed by atoms with van der Waals surface area (Å²) in [6, 6.07) is 6.24. The van der Waals surface area contributed by atoms with Crippen LogP contribution >= 0.6 is 0 Å². The van der Waals surface area contributed by atoms with Crippen molar-refractivity contribution < 1.29 is 4.42 Å². The zero-order chi connectivity index (χ0) is 13.1. The predicted molar refractivity (Wildman–Crippen MR) is 70.0 cm³/mol. The molecule has 1 atom stereocenters. The van der Waals surface area contributed by atoms with E-state index >= 15 is 0 Å². The number of hydrogen-bond acceptors (Lipinski definition) is 4. The van der Waals surface area contributed by atoms with Crippen molar-refractivity contribution in [1.82, 2.24) is 9.80 Å². The van der Waals surface area contributed by atoms with Gasteiger partial charge in [-0.15, -0.1) is 0 Å². The Morgan fingerprint density at radius 2 is 2.22 bits per heavy atom. The molecule has 1 aromatic heterocycles. The quantitative estimate of drug-likeness (QED) is 0.818. The monoisotopic (exact) mass is 247 g/mol. The predicted octanol–water partition coefficient (Wildman–Crippen LogP) is 1.92. The summed E-state index contributed by atoms with van der Waals surface area (Å²) in [6.07, 6.45) is 0. The Morgan fingerprint density at radius 3 is 2.83 bits per heavy atom. The Labute approximate surface area is 109 Å². The standard InChI is InChI=1S/C14H21N3O/c1-11(2)14-10-16(3)6-7-17(14)9-13-5-4-12(8-15)18-13/h4-5,11,14H,6-7,9-10H2,1-3H3/t14-/m1/s1. The first-order valence-electron chi connectivity index (χ1n) is 6.51. The lowest BCUT2D eigenvalue weighted by atomic mass is 9.99. The van der Waals surface area contributed by atoms with Gasteiger partial charge < -0.3 is 9.32 Å². The van der Waals surface area contributed by atoms with E-state index in [2.05, 4.69) is 30.7 Å². The van der Waals surface area contributed by atoms with E-state index in [1.54, 1.807) is 6.07 Å². The summed E-state index contributed by atoms with van der Waals surface area (Å²) in [5.74, 6) is 1.92. The van der Waals surface area contributed by atoms with Gasteiger partial charge in [-0.3, -0.25) is 4.90 Å². The van der Waals surface area contributed by atoms with Crippen LogP contribution in [-0.4, -0.2) is 42.5 Å². The van der Waals surface area contributed by atoms with E-state index in [9.17, 15) is 0 Å². The van der Waals surface area contributed by atoms with Crippen molar-refractivity contribution in [2.75, 3.05) is 26.7 Å². The SMILES string of the molecule is CC(C)[C@H]1CN(C)CCN1Cc1ccc(C#N)o1. The van der Waals surface area contributed by atoms with E-state index in [4.69, 9.17) is 9.68 Å². The van der Waals surface area contributed by atoms with Crippen molar-refractivity contribution in [3.8, 4) is 6.07 Å². The average Bonchev–Trinajstić information content (AvgIpc) is 2.79. The summed E-state index contributed by atoms with van der Waals surface area (Å²) >= 11 is 0. The molecule has 98 valence electrons. The van der Waals surface area contributed by atoms with Gasteiger partial charge in [0.05, 0.1) is 6.54 Å². The Morgan fingerprint density at radius 1 is 1.44 bits per heavy atom. The molecule has 4 nitrogen and oxygen atoms in total. The highest BCUT2D eigenvalue weighted by atomic mass is 16.3. The first kappa shape index (κ1) is 13.1. The number of piperazine rings is 1. The molecular weight excluding hydrogens is 226 g/mol. The number of nitrogens with zero attached hydrogens (tertiary/aromatic N) is 3. The maximum Gasteiger partial charge on any atom is 0.203 e. The summed E-state index contributed by atoms with van der Waals surface area (Å²) in [5, 5.41) is 8.77. The molecule has 0 radical (unpaired) electrons. The summed E-state index contributed by atoms with van der Waals surface area (Å²) in [7, 11) is 2.17. The van der Waals surface area contributed by atoms with Crippen LogP contribution in [0.2, 0.25) is 0 Å². The summed E-state index contributed by atoms with van der Waals surface area (Å²) in [6.45, 7) is 8.58. The van der Waals surface area contributed by atoms with E-state index < -0.39 is 0 Å². The van der Waals surface area contributed by atoms with Crippen LogP contribution in [0.3, 0.4) is 0 Å². The molecular formula is C14H21N3O. The minimum atomic E-state index is 0.403. The van der Waals surface area contributed by atoms with Gasteiger partial charge in [-0.05, 0) is 25.1 Å². The van der Waals surface area contributed by atoms with E-state index in [1.807, 2.05) is 12.1 Å². The van der Waals surface area contributed by atoms with E-state index in [1.165, 1.54) is 0 Å². The van der Waals surface area contributed by atoms with E-state index in [0.717, 1.165) is 31.9 Å². The van der Waals surface area contributed by atoms with Gasteiger partial charge in [0.15, 0.2) is 0 Å². The van der Waals surface area contributed by atoms with Gasteiger partial charge >= 0.3 is 0 Å². The third-order valence-electron chi connectivity index (χ3n) is 3.64. The number of nitriles is 1. The average molecular weight is 247 g/mol. The number of hydrogen-bond donors (Lipinski definition) is 0.